The Kier molecular flexibility index (Phi) is 4.82. The maximum absolute atomic E-state index is 13.1. The van der Waals surface area contributed by atoms with Gasteiger partial charge in [-0.3, -0.25) is 4.79 Å². The molecule has 0 aliphatic heterocycles. The van der Waals surface area contributed by atoms with Crippen molar-refractivity contribution in [2.75, 3.05) is 7.11 Å². The largest absolute Gasteiger partial charge is 0.496 e. The number of hydrogen-bond acceptors (Lipinski definition) is 6. The molecule has 5 rings (SSSR count). The highest BCUT2D eigenvalue weighted by atomic mass is 16.5. The smallest absolute Gasteiger partial charge is 0.277 e. The third-order valence-corrected chi connectivity index (χ3v) is 5.53. The van der Waals surface area contributed by atoms with E-state index in [2.05, 4.69) is 41.2 Å². The van der Waals surface area contributed by atoms with Crippen molar-refractivity contribution in [3.05, 3.63) is 88.3 Å². The number of aromatic nitrogens is 5. The maximum Gasteiger partial charge on any atom is 0.277 e. The molecule has 0 atom stereocenters. The van der Waals surface area contributed by atoms with Crippen molar-refractivity contribution in [3.63, 3.8) is 0 Å². The van der Waals surface area contributed by atoms with E-state index in [1.54, 1.807) is 30.1 Å². The molecule has 0 aliphatic carbocycles. The number of para-hydroxylation sites is 1. The molecule has 5 aromatic rings. The lowest BCUT2D eigenvalue weighted by atomic mass is 10.0. The van der Waals surface area contributed by atoms with E-state index < -0.39 is 0 Å². The average molecular weight is 427 g/mol. The van der Waals surface area contributed by atoms with Crippen LogP contribution in [0.3, 0.4) is 0 Å². The van der Waals surface area contributed by atoms with Crippen LogP contribution in [0.25, 0.3) is 28.2 Å². The Bertz CT molecular complexity index is 1500. The molecule has 0 bridgehead atoms. The van der Waals surface area contributed by atoms with Crippen LogP contribution in [0.5, 0.6) is 5.75 Å². The van der Waals surface area contributed by atoms with E-state index in [9.17, 15) is 4.79 Å². The monoisotopic (exact) mass is 427 g/mol. The average Bonchev–Trinajstić information content (AvgIpc) is 3.45. The number of aryl methyl sites for hydroxylation is 2. The zero-order valence-corrected chi connectivity index (χ0v) is 17.9. The van der Waals surface area contributed by atoms with Gasteiger partial charge in [0, 0.05) is 18.0 Å². The molecule has 0 unspecified atom stereocenters. The van der Waals surface area contributed by atoms with Crippen LogP contribution in [0.15, 0.2) is 70.2 Å². The van der Waals surface area contributed by atoms with Gasteiger partial charge in [0.05, 0.1) is 18.4 Å². The van der Waals surface area contributed by atoms with Crippen molar-refractivity contribution >= 4 is 5.52 Å². The van der Waals surface area contributed by atoms with Crippen LogP contribution < -0.4 is 10.3 Å². The number of methoxy groups -OCH3 is 1. The SMILES string of the molecule is COc1ccccc1-c1noc(Cn2ccn3nc(-c4ccc(C)c(C)c4)cc3c2=O)n1. The molecule has 0 spiro atoms. The highest BCUT2D eigenvalue weighted by molar-refractivity contribution is 5.66. The van der Waals surface area contributed by atoms with Gasteiger partial charge in [0.25, 0.3) is 5.56 Å². The van der Waals surface area contributed by atoms with E-state index >= 15 is 0 Å². The first-order valence-corrected chi connectivity index (χ1v) is 10.2. The molecule has 8 heteroatoms. The van der Waals surface area contributed by atoms with Gasteiger partial charge in [0.2, 0.25) is 11.7 Å². The minimum absolute atomic E-state index is 0.154. The van der Waals surface area contributed by atoms with Crippen molar-refractivity contribution in [1.29, 1.82) is 0 Å². The topological polar surface area (TPSA) is 87.5 Å². The van der Waals surface area contributed by atoms with E-state index in [0.29, 0.717) is 23.0 Å². The summed E-state index contributed by atoms with van der Waals surface area (Å²) in [5, 5.41) is 8.61. The molecule has 0 amide bonds. The van der Waals surface area contributed by atoms with E-state index in [4.69, 9.17) is 9.26 Å². The quantitative estimate of drug-likeness (QED) is 0.423. The minimum atomic E-state index is -0.188. The van der Waals surface area contributed by atoms with Gasteiger partial charge in [-0.2, -0.15) is 10.1 Å². The van der Waals surface area contributed by atoms with Crippen LogP contribution in [-0.2, 0) is 6.54 Å². The summed E-state index contributed by atoms with van der Waals surface area (Å²) in [6.45, 7) is 4.28. The molecule has 32 heavy (non-hydrogen) atoms. The Hall–Kier alpha value is -4.20. The number of ether oxygens (including phenoxy) is 1. The molecule has 0 fully saturated rings. The highest BCUT2D eigenvalue weighted by Gasteiger charge is 2.15. The molecule has 0 radical (unpaired) electrons. The number of fused-ring (bicyclic) bond motifs is 1. The van der Waals surface area contributed by atoms with Gasteiger partial charge in [0.1, 0.15) is 17.8 Å². The molecule has 3 aromatic heterocycles. The summed E-state index contributed by atoms with van der Waals surface area (Å²) >= 11 is 0. The summed E-state index contributed by atoms with van der Waals surface area (Å²) in [5.74, 6) is 1.38. The van der Waals surface area contributed by atoms with Gasteiger partial charge in [-0.1, -0.05) is 29.4 Å². The van der Waals surface area contributed by atoms with E-state index in [0.717, 1.165) is 16.8 Å². The van der Waals surface area contributed by atoms with E-state index in [1.807, 2.05) is 30.3 Å². The molecular formula is C24H21N5O3. The van der Waals surface area contributed by atoms with E-state index in [-0.39, 0.29) is 12.1 Å². The fourth-order valence-corrected chi connectivity index (χ4v) is 3.60. The minimum Gasteiger partial charge on any atom is -0.496 e. The molecule has 0 N–H and O–H groups in total. The number of benzene rings is 2. The number of hydrogen-bond donors (Lipinski definition) is 0. The number of rotatable bonds is 5. The Morgan fingerprint density at radius 2 is 1.88 bits per heavy atom. The molecule has 160 valence electrons. The summed E-state index contributed by atoms with van der Waals surface area (Å²) in [4.78, 5) is 17.5. The van der Waals surface area contributed by atoms with Crippen LogP contribution >= 0.6 is 0 Å². The summed E-state index contributed by atoms with van der Waals surface area (Å²) < 4.78 is 13.9. The van der Waals surface area contributed by atoms with Crippen LogP contribution in [-0.4, -0.2) is 31.4 Å². The second-order valence-electron chi connectivity index (χ2n) is 7.60. The molecule has 0 aliphatic rings. The summed E-state index contributed by atoms with van der Waals surface area (Å²) in [6, 6.07) is 15.4. The predicted octanol–water partition coefficient (Wildman–Crippen LogP) is 3.89. The lowest BCUT2D eigenvalue weighted by Crippen LogP contribution is -2.21. The second-order valence-corrected chi connectivity index (χ2v) is 7.60. The Balaban J connectivity index is 1.47. The van der Waals surface area contributed by atoms with Gasteiger partial charge in [-0.25, -0.2) is 4.52 Å². The van der Waals surface area contributed by atoms with Gasteiger partial charge in [0.15, 0.2) is 0 Å². The van der Waals surface area contributed by atoms with Crippen molar-refractivity contribution in [1.82, 2.24) is 24.3 Å². The summed E-state index contributed by atoms with van der Waals surface area (Å²) in [5.41, 5.74) is 5.13. The second kappa shape index (κ2) is 7.81. The molecule has 0 saturated carbocycles. The van der Waals surface area contributed by atoms with Crippen molar-refractivity contribution in [2.45, 2.75) is 20.4 Å². The third kappa shape index (κ3) is 3.45. The molecule has 3 heterocycles. The number of nitrogens with zero attached hydrogens (tertiary/aromatic N) is 5. The first-order valence-electron chi connectivity index (χ1n) is 10.2. The van der Waals surface area contributed by atoms with Gasteiger partial charge >= 0.3 is 0 Å². The normalized spacial score (nSPS) is 11.2. The predicted molar refractivity (Wildman–Crippen MR) is 120 cm³/mol. The lowest BCUT2D eigenvalue weighted by molar-refractivity contribution is 0.369. The summed E-state index contributed by atoms with van der Waals surface area (Å²) in [6.07, 6.45) is 3.41. The van der Waals surface area contributed by atoms with Crippen molar-refractivity contribution < 1.29 is 9.26 Å². The fourth-order valence-electron chi connectivity index (χ4n) is 3.60. The van der Waals surface area contributed by atoms with Crippen molar-refractivity contribution in [3.8, 4) is 28.4 Å². The van der Waals surface area contributed by atoms with Gasteiger partial charge in [-0.15, -0.1) is 0 Å². The zero-order chi connectivity index (χ0) is 22.2. The summed E-state index contributed by atoms with van der Waals surface area (Å²) in [7, 11) is 1.59. The van der Waals surface area contributed by atoms with Crippen molar-refractivity contribution in [2.24, 2.45) is 0 Å². The Labute approximate surface area is 183 Å². The first-order chi connectivity index (χ1) is 15.5. The molecule has 0 saturated heterocycles. The van der Waals surface area contributed by atoms with Crippen LogP contribution in [0.1, 0.15) is 17.0 Å². The van der Waals surface area contributed by atoms with Crippen LogP contribution in [0.4, 0.5) is 0 Å². The van der Waals surface area contributed by atoms with Crippen LogP contribution in [0, 0.1) is 13.8 Å². The highest BCUT2D eigenvalue weighted by Crippen LogP contribution is 2.27. The van der Waals surface area contributed by atoms with Gasteiger partial charge in [-0.05, 0) is 49.2 Å². The van der Waals surface area contributed by atoms with Gasteiger partial charge < -0.3 is 13.8 Å². The molecule has 2 aromatic carbocycles. The Morgan fingerprint density at radius 1 is 1.03 bits per heavy atom. The Morgan fingerprint density at radius 3 is 2.69 bits per heavy atom. The maximum atomic E-state index is 13.1. The molecular weight excluding hydrogens is 406 g/mol. The molecule has 8 nitrogen and oxygen atoms in total. The standard InChI is InChI=1S/C24H21N5O3/c1-15-8-9-17(12-16(15)2)19-13-20-24(30)28(10-11-29(20)26-19)14-22-25-23(27-32-22)18-6-4-5-7-21(18)31-3/h4-13H,14H2,1-3H3. The zero-order valence-electron chi connectivity index (χ0n) is 17.9. The van der Waals surface area contributed by atoms with E-state index in [1.165, 1.54) is 15.7 Å². The fraction of sp³-hybridized carbons (Fsp3) is 0.167. The third-order valence-electron chi connectivity index (χ3n) is 5.53. The van der Waals surface area contributed by atoms with Crippen LogP contribution in [0.2, 0.25) is 0 Å². The lowest BCUT2D eigenvalue weighted by Gasteiger charge is -2.03. The first kappa shape index (κ1) is 19.7.